The van der Waals surface area contributed by atoms with Crippen molar-refractivity contribution in [1.82, 2.24) is 14.9 Å². The van der Waals surface area contributed by atoms with Gasteiger partial charge in [0, 0.05) is 18.3 Å². The Morgan fingerprint density at radius 1 is 1.69 bits per heavy atom. The van der Waals surface area contributed by atoms with Crippen molar-refractivity contribution in [3.8, 4) is 0 Å². The van der Waals surface area contributed by atoms with Crippen LogP contribution >= 0.6 is 11.8 Å². The third-order valence-electron chi connectivity index (χ3n) is 2.24. The SMILES string of the molecule is CC(C)n1cncc1C1NCCS1. The van der Waals surface area contributed by atoms with Crippen molar-refractivity contribution in [2.75, 3.05) is 12.3 Å². The van der Waals surface area contributed by atoms with Crippen molar-refractivity contribution < 1.29 is 0 Å². The minimum Gasteiger partial charge on any atom is -0.330 e. The second-order valence-corrected chi connectivity index (χ2v) is 4.74. The van der Waals surface area contributed by atoms with Gasteiger partial charge in [0.15, 0.2) is 0 Å². The van der Waals surface area contributed by atoms with E-state index in [9.17, 15) is 0 Å². The average molecular weight is 197 g/mol. The first-order valence-electron chi connectivity index (χ1n) is 4.66. The molecule has 1 N–H and O–H groups in total. The molecule has 1 aromatic heterocycles. The molecule has 0 amide bonds. The van der Waals surface area contributed by atoms with Gasteiger partial charge in [-0.05, 0) is 13.8 Å². The van der Waals surface area contributed by atoms with E-state index in [1.54, 1.807) is 0 Å². The molecule has 0 spiro atoms. The first-order valence-corrected chi connectivity index (χ1v) is 5.70. The zero-order valence-corrected chi connectivity index (χ0v) is 8.84. The molecule has 0 aliphatic carbocycles. The smallest absolute Gasteiger partial charge is 0.0958 e. The highest BCUT2D eigenvalue weighted by molar-refractivity contribution is 7.99. The predicted octanol–water partition coefficient (Wildman–Crippen LogP) is 1.80. The van der Waals surface area contributed by atoms with Gasteiger partial charge in [-0.25, -0.2) is 4.98 Å². The monoisotopic (exact) mass is 197 g/mol. The van der Waals surface area contributed by atoms with Crippen molar-refractivity contribution in [3.05, 3.63) is 18.2 Å². The van der Waals surface area contributed by atoms with Crippen LogP contribution in [0.1, 0.15) is 31.0 Å². The molecule has 1 fully saturated rings. The van der Waals surface area contributed by atoms with E-state index in [2.05, 4.69) is 28.7 Å². The Bertz CT molecular complexity index is 276. The second-order valence-electron chi connectivity index (χ2n) is 3.52. The van der Waals surface area contributed by atoms with Gasteiger partial charge >= 0.3 is 0 Å². The van der Waals surface area contributed by atoms with Gasteiger partial charge in [-0.3, -0.25) is 5.32 Å². The van der Waals surface area contributed by atoms with Crippen LogP contribution in [0.4, 0.5) is 0 Å². The molecule has 1 aliphatic heterocycles. The molecule has 1 aliphatic rings. The van der Waals surface area contributed by atoms with E-state index in [1.165, 1.54) is 11.4 Å². The Morgan fingerprint density at radius 2 is 2.54 bits per heavy atom. The summed E-state index contributed by atoms with van der Waals surface area (Å²) < 4.78 is 2.23. The van der Waals surface area contributed by atoms with Crippen LogP contribution in [-0.2, 0) is 0 Å². The lowest BCUT2D eigenvalue weighted by molar-refractivity contribution is 0.557. The summed E-state index contributed by atoms with van der Waals surface area (Å²) in [6, 6.07) is 0.500. The van der Waals surface area contributed by atoms with Crippen molar-refractivity contribution in [3.63, 3.8) is 0 Å². The van der Waals surface area contributed by atoms with Gasteiger partial charge in [0.25, 0.3) is 0 Å². The largest absolute Gasteiger partial charge is 0.330 e. The number of nitrogens with one attached hydrogen (secondary N) is 1. The Labute approximate surface area is 82.9 Å². The zero-order valence-electron chi connectivity index (χ0n) is 8.03. The van der Waals surface area contributed by atoms with Crippen molar-refractivity contribution in [2.24, 2.45) is 0 Å². The van der Waals surface area contributed by atoms with E-state index in [0.717, 1.165) is 6.54 Å². The number of thioether (sulfide) groups is 1. The van der Waals surface area contributed by atoms with Crippen LogP contribution in [-0.4, -0.2) is 21.8 Å². The molecule has 1 atom stereocenters. The van der Waals surface area contributed by atoms with Gasteiger partial charge in [-0.2, -0.15) is 0 Å². The first kappa shape index (κ1) is 9.09. The molecule has 1 saturated heterocycles. The molecule has 0 saturated carbocycles. The molecule has 0 bridgehead atoms. The maximum atomic E-state index is 4.20. The average Bonchev–Trinajstić information content (AvgIpc) is 2.74. The Morgan fingerprint density at radius 3 is 3.15 bits per heavy atom. The quantitative estimate of drug-likeness (QED) is 0.784. The number of nitrogens with zero attached hydrogens (tertiary/aromatic N) is 2. The summed E-state index contributed by atoms with van der Waals surface area (Å²) in [4.78, 5) is 4.20. The molecule has 2 rings (SSSR count). The molecule has 1 unspecified atom stereocenters. The Kier molecular flexibility index (Phi) is 2.60. The van der Waals surface area contributed by atoms with E-state index >= 15 is 0 Å². The predicted molar refractivity (Wildman–Crippen MR) is 55.8 cm³/mol. The van der Waals surface area contributed by atoms with Crippen molar-refractivity contribution in [2.45, 2.75) is 25.3 Å². The molecule has 4 heteroatoms. The lowest BCUT2D eigenvalue weighted by Crippen LogP contribution is -2.16. The van der Waals surface area contributed by atoms with Gasteiger partial charge < -0.3 is 4.57 Å². The molecule has 3 nitrogen and oxygen atoms in total. The molecular weight excluding hydrogens is 182 g/mol. The summed E-state index contributed by atoms with van der Waals surface area (Å²) in [7, 11) is 0. The van der Waals surface area contributed by atoms with E-state index in [1.807, 2.05) is 24.3 Å². The van der Waals surface area contributed by atoms with Gasteiger partial charge in [-0.1, -0.05) is 0 Å². The Balaban J connectivity index is 2.23. The van der Waals surface area contributed by atoms with Gasteiger partial charge in [0.2, 0.25) is 0 Å². The lowest BCUT2D eigenvalue weighted by atomic mass is 10.3. The number of imidazole rings is 1. The number of hydrogen-bond donors (Lipinski definition) is 1. The van der Waals surface area contributed by atoms with Crippen LogP contribution < -0.4 is 5.32 Å². The number of aromatic nitrogens is 2. The fraction of sp³-hybridized carbons (Fsp3) is 0.667. The topological polar surface area (TPSA) is 29.9 Å². The molecule has 0 radical (unpaired) electrons. The molecule has 2 heterocycles. The molecule has 72 valence electrons. The highest BCUT2D eigenvalue weighted by Crippen LogP contribution is 2.30. The number of hydrogen-bond acceptors (Lipinski definition) is 3. The Hall–Kier alpha value is -0.480. The summed E-state index contributed by atoms with van der Waals surface area (Å²) in [5, 5.41) is 3.91. The molecule has 13 heavy (non-hydrogen) atoms. The summed E-state index contributed by atoms with van der Waals surface area (Å²) in [6.07, 6.45) is 3.89. The minimum absolute atomic E-state index is 0.449. The van der Waals surface area contributed by atoms with Crippen LogP contribution in [0.3, 0.4) is 0 Å². The molecule has 1 aromatic rings. The lowest BCUT2D eigenvalue weighted by Gasteiger charge is -2.15. The van der Waals surface area contributed by atoms with E-state index in [-0.39, 0.29) is 0 Å². The molecular formula is C9H15N3S. The normalized spacial score (nSPS) is 22.8. The highest BCUT2D eigenvalue weighted by atomic mass is 32.2. The third-order valence-corrected chi connectivity index (χ3v) is 3.42. The van der Waals surface area contributed by atoms with E-state index in [4.69, 9.17) is 0 Å². The van der Waals surface area contributed by atoms with Gasteiger partial charge in [0.05, 0.1) is 23.6 Å². The van der Waals surface area contributed by atoms with Crippen molar-refractivity contribution in [1.29, 1.82) is 0 Å². The van der Waals surface area contributed by atoms with Crippen LogP contribution in [0.15, 0.2) is 12.5 Å². The molecule has 0 aromatic carbocycles. The van der Waals surface area contributed by atoms with Crippen LogP contribution in [0.5, 0.6) is 0 Å². The van der Waals surface area contributed by atoms with E-state index in [0.29, 0.717) is 11.4 Å². The summed E-state index contributed by atoms with van der Waals surface area (Å²) in [5.41, 5.74) is 1.30. The van der Waals surface area contributed by atoms with Crippen LogP contribution in [0, 0.1) is 0 Å². The maximum Gasteiger partial charge on any atom is 0.0958 e. The second kappa shape index (κ2) is 3.72. The summed E-state index contributed by atoms with van der Waals surface area (Å²) in [6.45, 7) is 5.48. The van der Waals surface area contributed by atoms with E-state index < -0.39 is 0 Å². The van der Waals surface area contributed by atoms with Gasteiger partial charge in [0.1, 0.15) is 0 Å². The summed E-state index contributed by atoms with van der Waals surface area (Å²) in [5.74, 6) is 1.20. The fourth-order valence-corrected chi connectivity index (χ4v) is 2.63. The van der Waals surface area contributed by atoms with Crippen molar-refractivity contribution >= 4 is 11.8 Å². The van der Waals surface area contributed by atoms with Crippen LogP contribution in [0.2, 0.25) is 0 Å². The first-order chi connectivity index (χ1) is 6.29. The fourth-order valence-electron chi connectivity index (χ4n) is 1.57. The van der Waals surface area contributed by atoms with Crippen LogP contribution in [0.25, 0.3) is 0 Å². The minimum atomic E-state index is 0.449. The third kappa shape index (κ3) is 1.74. The highest BCUT2D eigenvalue weighted by Gasteiger charge is 2.20. The zero-order chi connectivity index (χ0) is 9.26. The van der Waals surface area contributed by atoms with Gasteiger partial charge in [-0.15, -0.1) is 11.8 Å². The maximum absolute atomic E-state index is 4.20. The number of rotatable bonds is 2. The standard InChI is InChI=1S/C9H15N3S/c1-7(2)12-6-10-5-8(12)9-11-3-4-13-9/h5-7,9,11H,3-4H2,1-2H3. The summed E-state index contributed by atoms with van der Waals surface area (Å²) >= 11 is 1.96.